The van der Waals surface area contributed by atoms with E-state index < -0.39 is 39.9 Å². The molecule has 2 aliphatic rings. The highest BCUT2D eigenvalue weighted by Crippen LogP contribution is 2.33. The minimum Gasteiger partial charge on any atom is -0.480 e. The first-order valence-corrected chi connectivity index (χ1v) is 10.3. The summed E-state index contributed by atoms with van der Waals surface area (Å²) in [6.45, 7) is 5.42. The second kappa shape index (κ2) is 6.63. The molecule has 0 aliphatic carbocycles. The van der Waals surface area contributed by atoms with E-state index in [1.54, 1.807) is 13.8 Å². The number of benzene rings is 1. The van der Waals surface area contributed by atoms with Gasteiger partial charge >= 0.3 is 5.97 Å². The maximum atomic E-state index is 12.9. The van der Waals surface area contributed by atoms with Crippen molar-refractivity contribution in [1.82, 2.24) is 9.21 Å². The molecule has 2 amide bonds. The highest BCUT2D eigenvalue weighted by Gasteiger charge is 2.43. The van der Waals surface area contributed by atoms with E-state index in [0.717, 1.165) is 4.31 Å². The molecule has 8 nitrogen and oxygen atoms in total. The van der Waals surface area contributed by atoms with E-state index in [2.05, 4.69) is 0 Å². The van der Waals surface area contributed by atoms with Crippen molar-refractivity contribution < 1.29 is 27.9 Å². The van der Waals surface area contributed by atoms with Crippen molar-refractivity contribution in [3.05, 3.63) is 29.3 Å². The third-order valence-corrected chi connectivity index (χ3v) is 7.07. The molecule has 1 N–H and O–H groups in total. The van der Waals surface area contributed by atoms with Crippen molar-refractivity contribution in [3.8, 4) is 0 Å². The van der Waals surface area contributed by atoms with Gasteiger partial charge in [-0.2, -0.15) is 0 Å². The molecule has 1 aromatic rings. The van der Waals surface area contributed by atoms with Gasteiger partial charge in [-0.15, -0.1) is 0 Å². The van der Waals surface area contributed by atoms with E-state index >= 15 is 0 Å². The zero-order valence-electron chi connectivity index (χ0n) is 15.4. The predicted octanol–water partition coefficient (Wildman–Crippen LogP) is 1.56. The molecule has 0 radical (unpaired) electrons. The zero-order valence-corrected chi connectivity index (χ0v) is 16.2. The smallest absolute Gasteiger partial charge is 0.326 e. The Hall–Kier alpha value is -2.42. The first-order valence-electron chi connectivity index (χ1n) is 8.82. The van der Waals surface area contributed by atoms with Crippen molar-refractivity contribution >= 4 is 27.8 Å². The molecule has 0 spiro atoms. The average molecular weight is 394 g/mol. The van der Waals surface area contributed by atoms with Gasteiger partial charge in [-0.3, -0.25) is 9.59 Å². The Morgan fingerprint density at radius 3 is 2.52 bits per heavy atom. The molecule has 1 saturated heterocycles. The number of nitrogens with zero attached hydrogens (tertiary/aromatic N) is 2. The molecule has 146 valence electrons. The summed E-state index contributed by atoms with van der Waals surface area (Å²) in [6, 6.07) is 2.40. The van der Waals surface area contributed by atoms with Crippen molar-refractivity contribution in [2.45, 2.75) is 50.6 Å². The molecule has 2 atom stereocenters. The Bertz CT molecular complexity index is 924. The number of sulfonamides is 1. The molecule has 0 aromatic heterocycles. The number of carboxylic acid groups (broad SMARTS) is 1. The Balaban J connectivity index is 1.99. The fourth-order valence-corrected chi connectivity index (χ4v) is 5.47. The molecule has 2 aliphatic heterocycles. The molecule has 2 heterocycles. The van der Waals surface area contributed by atoms with Crippen LogP contribution in [0.5, 0.6) is 0 Å². The van der Waals surface area contributed by atoms with Gasteiger partial charge in [0, 0.05) is 18.2 Å². The zero-order chi connectivity index (χ0) is 20.1. The minimum absolute atomic E-state index is 0.0299. The van der Waals surface area contributed by atoms with Gasteiger partial charge < -0.3 is 10.0 Å². The molecule has 0 saturated carbocycles. The van der Waals surface area contributed by atoms with Gasteiger partial charge in [0.2, 0.25) is 0 Å². The topological polar surface area (TPSA) is 112 Å². The van der Waals surface area contributed by atoms with Gasteiger partial charge in [0.15, 0.2) is 0 Å². The minimum atomic E-state index is -4.02. The SMILES string of the molecule is CC1CCN(C(=O)c2ccc3c(c2)S(=O)(=O)N(C(C)C)C3=O)C(C(=O)O)C1. The number of carbonyl (C=O) groups is 3. The van der Waals surface area contributed by atoms with E-state index in [-0.39, 0.29) is 28.5 Å². The molecule has 0 bridgehead atoms. The number of carboxylic acids is 1. The summed E-state index contributed by atoms with van der Waals surface area (Å²) in [4.78, 5) is 37.9. The highest BCUT2D eigenvalue weighted by atomic mass is 32.2. The standard InChI is InChI=1S/C18H22N2O6S/c1-10(2)20-17(22)13-5-4-12(9-15(13)27(20,25)26)16(21)19-7-6-11(3)8-14(19)18(23)24/h4-5,9-11,14H,6-8H2,1-3H3,(H,23,24). The third kappa shape index (κ3) is 3.09. The van der Waals surface area contributed by atoms with E-state index in [1.807, 2.05) is 6.92 Å². The van der Waals surface area contributed by atoms with Crippen LogP contribution in [0.15, 0.2) is 23.1 Å². The van der Waals surface area contributed by atoms with Crippen LogP contribution in [-0.4, -0.2) is 59.1 Å². The summed E-state index contributed by atoms with van der Waals surface area (Å²) >= 11 is 0. The Morgan fingerprint density at radius 1 is 1.26 bits per heavy atom. The van der Waals surface area contributed by atoms with E-state index in [4.69, 9.17) is 0 Å². The van der Waals surface area contributed by atoms with Crippen LogP contribution in [0.2, 0.25) is 0 Å². The number of hydrogen-bond acceptors (Lipinski definition) is 5. The van der Waals surface area contributed by atoms with Gasteiger partial charge in [0.1, 0.15) is 10.9 Å². The second-order valence-corrected chi connectivity index (χ2v) is 9.18. The van der Waals surface area contributed by atoms with Gasteiger partial charge in [-0.25, -0.2) is 17.5 Å². The lowest BCUT2D eigenvalue weighted by Crippen LogP contribution is -2.49. The summed E-state index contributed by atoms with van der Waals surface area (Å²) in [7, 11) is -4.02. The largest absolute Gasteiger partial charge is 0.480 e. The molecule has 1 aromatic carbocycles. The Labute approximate surface area is 157 Å². The maximum absolute atomic E-state index is 12.9. The highest BCUT2D eigenvalue weighted by molar-refractivity contribution is 7.90. The summed E-state index contributed by atoms with van der Waals surface area (Å²) in [5, 5.41) is 9.45. The number of carbonyl (C=O) groups excluding carboxylic acids is 2. The van der Waals surface area contributed by atoms with Gasteiger partial charge in [0.05, 0.1) is 5.56 Å². The first-order chi connectivity index (χ1) is 12.6. The van der Waals surface area contributed by atoms with E-state index in [0.29, 0.717) is 12.8 Å². The van der Waals surface area contributed by atoms with Crippen molar-refractivity contribution in [1.29, 1.82) is 0 Å². The molecule has 3 rings (SSSR count). The third-order valence-electron chi connectivity index (χ3n) is 5.08. The van der Waals surface area contributed by atoms with Crippen LogP contribution in [0.4, 0.5) is 0 Å². The van der Waals surface area contributed by atoms with Crippen LogP contribution in [0, 0.1) is 5.92 Å². The molecule has 1 fully saturated rings. The van der Waals surface area contributed by atoms with Crippen molar-refractivity contribution in [2.75, 3.05) is 6.54 Å². The summed E-state index contributed by atoms with van der Waals surface area (Å²) in [6.07, 6.45) is 1.03. The summed E-state index contributed by atoms with van der Waals surface area (Å²) in [5.41, 5.74) is 0.0961. The number of aliphatic carboxylic acids is 1. The van der Waals surface area contributed by atoms with E-state index in [9.17, 15) is 27.9 Å². The normalized spacial score (nSPS) is 24.2. The van der Waals surface area contributed by atoms with Crippen LogP contribution < -0.4 is 0 Å². The average Bonchev–Trinajstić information content (AvgIpc) is 2.79. The quantitative estimate of drug-likeness (QED) is 0.833. The lowest BCUT2D eigenvalue weighted by molar-refractivity contribution is -0.144. The number of likely N-dealkylation sites (tertiary alicyclic amines) is 1. The molecular weight excluding hydrogens is 372 g/mol. The Morgan fingerprint density at radius 2 is 1.93 bits per heavy atom. The monoisotopic (exact) mass is 394 g/mol. The lowest BCUT2D eigenvalue weighted by atomic mass is 9.92. The van der Waals surface area contributed by atoms with Crippen LogP contribution in [-0.2, 0) is 14.8 Å². The predicted molar refractivity (Wildman–Crippen MR) is 95.8 cm³/mol. The van der Waals surface area contributed by atoms with Crippen LogP contribution in [0.25, 0.3) is 0 Å². The molecular formula is C18H22N2O6S. The fourth-order valence-electron chi connectivity index (χ4n) is 3.68. The summed E-state index contributed by atoms with van der Waals surface area (Å²) < 4.78 is 26.2. The Kier molecular flexibility index (Phi) is 4.75. The lowest BCUT2D eigenvalue weighted by Gasteiger charge is -2.36. The number of fused-ring (bicyclic) bond motifs is 1. The number of piperidine rings is 1. The first kappa shape index (κ1) is 19.3. The van der Waals surface area contributed by atoms with Gasteiger partial charge in [-0.1, -0.05) is 6.92 Å². The molecule has 9 heteroatoms. The molecule has 2 unspecified atom stereocenters. The number of amides is 2. The van der Waals surface area contributed by atoms with Crippen LogP contribution in [0.3, 0.4) is 0 Å². The second-order valence-electron chi connectivity index (χ2n) is 7.39. The van der Waals surface area contributed by atoms with Gasteiger partial charge in [-0.05, 0) is 50.8 Å². The molecule has 27 heavy (non-hydrogen) atoms. The number of hydrogen-bond donors (Lipinski definition) is 1. The van der Waals surface area contributed by atoms with E-state index in [1.165, 1.54) is 23.1 Å². The van der Waals surface area contributed by atoms with Crippen LogP contribution >= 0.6 is 0 Å². The van der Waals surface area contributed by atoms with Gasteiger partial charge in [0.25, 0.3) is 21.8 Å². The van der Waals surface area contributed by atoms with Crippen LogP contribution in [0.1, 0.15) is 54.3 Å². The number of rotatable bonds is 3. The van der Waals surface area contributed by atoms with Crippen molar-refractivity contribution in [2.24, 2.45) is 5.92 Å². The maximum Gasteiger partial charge on any atom is 0.326 e. The summed E-state index contributed by atoms with van der Waals surface area (Å²) in [5.74, 6) is -2.05. The fraction of sp³-hybridized carbons (Fsp3) is 0.500. The van der Waals surface area contributed by atoms with Crippen molar-refractivity contribution in [3.63, 3.8) is 0 Å².